The van der Waals surface area contributed by atoms with Crippen LogP contribution in [-0.4, -0.2) is 27.9 Å². The molecule has 6 nitrogen and oxygen atoms in total. The van der Waals surface area contributed by atoms with Crippen molar-refractivity contribution in [2.45, 2.75) is 6.92 Å². The highest BCUT2D eigenvalue weighted by Gasteiger charge is 2.11. The summed E-state index contributed by atoms with van der Waals surface area (Å²) in [6.07, 6.45) is 3.41. The number of pyridine rings is 2. The molecule has 2 N–H and O–H groups in total. The minimum absolute atomic E-state index is 0.195. The molecule has 116 valence electrons. The number of nitrogens with one attached hydrogen (secondary N) is 2. The number of nitrogens with zero attached hydrogens (tertiary/aromatic N) is 3. The van der Waals surface area contributed by atoms with Crippen LogP contribution in [0.3, 0.4) is 0 Å². The lowest BCUT2D eigenvalue weighted by Gasteiger charge is -2.06. The number of carbonyl (C=O) groups excluding carboxylic acids is 1. The van der Waals surface area contributed by atoms with Crippen LogP contribution in [0, 0.1) is 6.92 Å². The molecule has 0 saturated carbocycles. The molecule has 0 aliphatic carbocycles. The molecule has 3 aromatic heterocycles. The van der Waals surface area contributed by atoms with Gasteiger partial charge in [0, 0.05) is 19.4 Å². The van der Waals surface area contributed by atoms with Crippen LogP contribution in [0.4, 0.5) is 11.6 Å². The van der Waals surface area contributed by atoms with Crippen LogP contribution in [0.15, 0.2) is 42.7 Å². The molecule has 3 aromatic rings. The third-order valence-electron chi connectivity index (χ3n) is 3.10. The lowest BCUT2D eigenvalue weighted by atomic mass is 10.3. The first kappa shape index (κ1) is 15.1. The lowest BCUT2D eigenvalue weighted by Crippen LogP contribution is -2.17. The number of rotatable bonds is 4. The molecule has 3 rings (SSSR count). The van der Waals surface area contributed by atoms with Crippen LogP contribution in [0.5, 0.6) is 0 Å². The van der Waals surface area contributed by atoms with Gasteiger partial charge in [-0.05, 0) is 36.8 Å². The quantitative estimate of drug-likeness (QED) is 0.771. The molecule has 0 aliphatic heterocycles. The number of thiazole rings is 1. The molecule has 3 heterocycles. The topological polar surface area (TPSA) is 79.8 Å². The Morgan fingerprint density at radius 3 is 2.83 bits per heavy atom. The van der Waals surface area contributed by atoms with Crippen molar-refractivity contribution in [1.29, 1.82) is 0 Å². The summed E-state index contributed by atoms with van der Waals surface area (Å²) < 4.78 is 0. The summed E-state index contributed by atoms with van der Waals surface area (Å²) in [4.78, 5) is 25.4. The van der Waals surface area contributed by atoms with Crippen LogP contribution in [0.1, 0.15) is 15.4 Å². The van der Waals surface area contributed by atoms with Gasteiger partial charge in [-0.2, -0.15) is 0 Å². The van der Waals surface area contributed by atoms with E-state index in [1.165, 1.54) is 11.3 Å². The summed E-state index contributed by atoms with van der Waals surface area (Å²) in [5.74, 6) is 1.24. The highest BCUT2D eigenvalue weighted by molar-refractivity contribution is 7.16. The summed E-state index contributed by atoms with van der Waals surface area (Å²) in [7, 11) is 1.58. The maximum Gasteiger partial charge on any atom is 0.280 e. The lowest BCUT2D eigenvalue weighted by molar-refractivity contribution is 0.0962. The van der Waals surface area contributed by atoms with Crippen molar-refractivity contribution in [3.63, 3.8) is 0 Å². The van der Waals surface area contributed by atoms with E-state index >= 15 is 0 Å². The second-order valence-corrected chi connectivity index (χ2v) is 5.89. The van der Waals surface area contributed by atoms with Crippen LogP contribution >= 0.6 is 11.3 Å². The molecule has 0 fully saturated rings. The fourth-order valence-corrected chi connectivity index (χ4v) is 2.81. The van der Waals surface area contributed by atoms with E-state index in [0.717, 1.165) is 22.0 Å². The molecule has 0 bridgehead atoms. The van der Waals surface area contributed by atoms with E-state index in [2.05, 4.69) is 25.6 Å². The largest absolute Gasteiger partial charge is 0.353 e. The van der Waals surface area contributed by atoms with Crippen molar-refractivity contribution < 1.29 is 4.79 Å². The standard InChI is InChI=1S/C16H15N5OS/c1-10-6-7-18-14(8-10)21-13-5-3-4-11(20-13)12-9-19-16(23-12)15(22)17-2/h3-9H,1-2H3,(H,17,22)(H,18,20,21). The maximum absolute atomic E-state index is 11.6. The first-order valence-electron chi connectivity index (χ1n) is 7.01. The van der Waals surface area contributed by atoms with E-state index in [1.54, 1.807) is 19.4 Å². The predicted molar refractivity (Wildman–Crippen MR) is 91.0 cm³/mol. The van der Waals surface area contributed by atoms with Gasteiger partial charge in [0.15, 0.2) is 5.01 Å². The molecular weight excluding hydrogens is 310 g/mol. The first-order chi connectivity index (χ1) is 11.2. The molecule has 23 heavy (non-hydrogen) atoms. The van der Waals surface area contributed by atoms with Gasteiger partial charge in [-0.1, -0.05) is 6.07 Å². The summed E-state index contributed by atoms with van der Waals surface area (Å²) >= 11 is 1.31. The summed E-state index contributed by atoms with van der Waals surface area (Å²) in [6, 6.07) is 9.54. The zero-order valence-corrected chi connectivity index (χ0v) is 13.5. The van der Waals surface area contributed by atoms with Crippen molar-refractivity contribution >= 4 is 28.9 Å². The number of anilines is 2. The van der Waals surface area contributed by atoms with Gasteiger partial charge in [0.1, 0.15) is 11.6 Å². The average molecular weight is 325 g/mol. The molecule has 0 aromatic carbocycles. The average Bonchev–Trinajstić information content (AvgIpc) is 3.04. The Balaban J connectivity index is 1.85. The highest BCUT2D eigenvalue weighted by Crippen LogP contribution is 2.26. The molecular formula is C16H15N5OS. The van der Waals surface area contributed by atoms with Crippen LogP contribution in [0.25, 0.3) is 10.6 Å². The first-order valence-corrected chi connectivity index (χ1v) is 7.82. The van der Waals surface area contributed by atoms with Gasteiger partial charge < -0.3 is 10.6 Å². The van der Waals surface area contributed by atoms with Crippen LogP contribution < -0.4 is 10.6 Å². The van der Waals surface area contributed by atoms with Crippen molar-refractivity contribution in [3.8, 4) is 10.6 Å². The van der Waals surface area contributed by atoms with Gasteiger partial charge >= 0.3 is 0 Å². The number of carbonyl (C=O) groups is 1. The Labute approximate surface area is 137 Å². The number of hydrogen-bond acceptors (Lipinski definition) is 6. The Hall–Kier alpha value is -2.80. The van der Waals surface area contributed by atoms with E-state index in [4.69, 9.17) is 0 Å². The van der Waals surface area contributed by atoms with Gasteiger partial charge in [-0.15, -0.1) is 11.3 Å². The second kappa shape index (κ2) is 6.53. The van der Waals surface area contributed by atoms with Gasteiger partial charge in [0.25, 0.3) is 5.91 Å². The minimum Gasteiger partial charge on any atom is -0.353 e. The van der Waals surface area contributed by atoms with Crippen molar-refractivity contribution in [2.75, 3.05) is 12.4 Å². The molecule has 0 unspecified atom stereocenters. The number of aryl methyl sites for hydroxylation is 1. The third kappa shape index (κ3) is 3.51. The fourth-order valence-electron chi connectivity index (χ4n) is 1.98. The van der Waals surface area contributed by atoms with Crippen LogP contribution in [-0.2, 0) is 0 Å². The molecule has 0 radical (unpaired) electrons. The van der Waals surface area contributed by atoms with E-state index in [0.29, 0.717) is 10.8 Å². The number of hydrogen-bond donors (Lipinski definition) is 2. The number of amides is 1. The maximum atomic E-state index is 11.6. The molecule has 0 atom stereocenters. The summed E-state index contributed by atoms with van der Waals surface area (Å²) in [5, 5.41) is 6.16. The zero-order chi connectivity index (χ0) is 16.2. The summed E-state index contributed by atoms with van der Waals surface area (Å²) in [5.41, 5.74) is 1.88. The van der Waals surface area contributed by atoms with Crippen LogP contribution in [0.2, 0.25) is 0 Å². The molecule has 1 amide bonds. The fraction of sp³-hybridized carbons (Fsp3) is 0.125. The Kier molecular flexibility index (Phi) is 4.29. The Bertz CT molecular complexity index is 846. The van der Waals surface area contributed by atoms with E-state index in [-0.39, 0.29) is 5.91 Å². The molecule has 0 aliphatic rings. The Morgan fingerprint density at radius 1 is 1.17 bits per heavy atom. The van der Waals surface area contributed by atoms with Gasteiger partial charge in [0.05, 0.1) is 10.6 Å². The van der Waals surface area contributed by atoms with Crippen molar-refractivity contribution in [2.24, 2.45) is 0 Å². The van der Waals surface area contributed by atoms with E-state index in [9.17, 15) is 4.79 Å². The van der Waals surface area contributed by atoms with Gasteiger partial charge in [0.2, 0.25) is 0 Å². The van der Waals surface area contributed by atoms with Gasteiger partial charge in [-0.25, -0.2) is 15.0 Å². The summed E-state index contributed by atoms with van der Waals surface area (Å²) in [6.45, 7) is 2.01. The second-order valence-electron chi connectivity index (χ2n) is 4.86. The third-order valence-corrected chi connectivity index (χ3v) is 4.12. The SMILES string of the molecule is CNC(=O)c1ncc(-c2cccc(Nc3cc(C)ccn3)n2)s1. The van der Waals surface area contributed by atoms with E-state index in [1.807, 2.05) is 37.3 Å². The molecule has 0 spiro atoms. The van der Waals surface area contributed by atoms with Crippen molar-refractivity contribution in [1.82, 2.24) is 20.3 Å². The smallest absolute Gasteiger partial charge is 0.280 e. The number of aromatic nitrogens is 3. The zero-order valence-electron chi connectivity index (χ0n) is 12.7. The normalized spacial score (nSPS) is 10.3. The van der Waals surface area contributed by atoms with E-state index < -0.39 is 0 Å². The monoisotopic (exact) mass is 325 g/mol. The predicted octanol–water partition coefficient (Wildman–Crippen LogP) is 3.01. The molecule has 7 heteroatoms. The van der Waals surface area contributed by atoms with Gasteiger partial charge in [-0.3, -0.25) is 4.79 Å². The molecule has 0 saturated heterocycles. The Morgan fingerprint density at radius 2 is 2.04 bits per heavy atom. The highest BCUT2D eigenvalue weighted by atomic mass is 32.1. The van der Waals surface area contributed by atoms with Crippen molar-refractivity contribution in [3.05, 3.63) is 53.3 Å². The minimum atomic E-state index is -0.195.